The van der Waals surface area contributed by atoms with Gasteiger partial charge >= 0.3 is 0 Å². The number of fused-ring (bicyclic) bond motifs is 5. The molecule has 7 nitrogen and oxygen atoms in total. The molecule has 4 heterocycles. The SMILES string of the molecule is O=C1[C@@H]2[C@@H](C(=O)N1c1ccc(F)cc1)[C@]1(N[C@@H]2Cc2c[nH]c3ccccc23)C(=O)Nc2ccc(F)cc21. The molecule has 0 saturated carbocycles. The molecule has 184 valence electrons. The fourth-order valence-electron chi connectivity index (χ4n) is 6.33. The number of nitrogens with zero attached hydrogens (tertiary/aromatic N) is 1. The fourth-order valence-corrected chi connectivity index (χ4v) is 6.33. The van der Waals surface area contributed by atoms with E-state index in [-0.39, 0.29) is 5.69 Å². The van der Waals surface area contributed by atoms with Crippen LogP contribution in [0.5, 0.6) is 0 Å². The van der Waals surface area contributed by atoms with Crippen LogP contribution < -0.4 is 15.5 Å². The molecular weight excluding hydrogens is 478 g/mol. The maximum Gasteiger partial charge on any atom is 0.250 e. The Morgan fingerprint density at radius 2 is 1.65 bits per heavy atom. The lowest BCUT2D eigenvalue weighted by Crippen LogP contribution is -2.53. The summed E-state index contributed by atoms with van der Waals surface area (Å²) in [4.78, 5) is 45.6. The first-order valence-corrected chi connectivity index (χ1v) is 12.0. The topological polar surface area (TPSA) is 94.3 Å². The Hall–Kier alpha value is -4.37. The molecule has 3 aliphatic rings. The monoisotopic (exact) mass is 498 g/mol. The predicted molar refractivity (Wildman–Crippen MR) is 132 cm³/mol. The first-order valence-electron chi connectivity index (χ1n) is 12.0. The van der Waals surface area contributed by atoms with Gasteiger partial charge in [-0.1, -0.05) is 18.2 Å². The van der Waals surface area contributed by atoms with Gasteiger partial charge in [0.2, 0.25) is 17.7 Å². The summed E-state index contributed by atoms with van der Waals surface area (Å²) in [5.74, 6) is -4.63. The minimum Gasteiger partial charge on any atom is -0.361 e. The first-order chi connectivity index (χ1) is 17.9. The lowest BCUT2D eigenvalue weighted by Gasteiger charge is -2.29. The van der Waals surface area contributed by atoms with Crippen molar-refractivity contribution in [1.82, 2.24) is 10.3 Å². The number of hydrogen-bond acceptors (Lipinski definition) is 4. The van der Waals surface area contributed by atoms with Crippen LogP contribution >= 0.6 is 0 Å². The highest BCUT2D eigenvalue weighted by molar-refractivity contribution is 6.25. The minimum absolute atomic E-state index is 0.227. The molecule has 0 bridgehead atoms. The number of carbonyl (C=O) groups excluding carboxylic acids is 3. The summed E-state index contributed by atoms with van der Waals surface area (Å²) in [7, 11) is 0. The third-order valence-electron chi connectivity index (χ3n) is 7.88. The molecule has 9 heteroatoms. The van der Waals surface area contributed by atoms with Gasteiger partial charge < -0.3 is 10.3 Å². The van der Waals surface area contributed by atoms with Crippen LogP contribution in [0, 0.1) is 23.5 Å². The average molecular weight is 498 g/mol. The van der Waals surface area contributed by atoms with E-state index >= 15 is 0 Å². The van der Waals surface area contributed by atoms with Crippen LogP contribution in [-0.2, 0) is 26.3 Å². The summed E-state index contributed by atoms with van der Waals surface area (Å²) in [6, 6.07) is 16.1. The third kappa shape index (κ3) is 2.91. The summed E-state index contributed by atoms with van der Waals surface area (Å²) in [6.45, 7) is 0. The van der Waals surface area contributed by atoms with E-state index in [4.69, 9.17) is 0 Å². The van der Waals surface area contributed by atoms with Crippen LogP contribution in [0.3, 0.4) is 0 Å². The molecular formula is C28H20F2N4O3. The number of aromatic amines is 1. The summed E-state index contributed by atoms with van der Waals surface area (Å²) < 4.78 is 28.0. The molecule has 3 N–H and O–H groups in total. The number of carbonyl (C=O) groups is 3. The Balaban J connectivity index is 1.38. The molecule has 7 rings (SSSR count). The van der Waals surface area contributed by atoms with E-state index < -0.39 is 52.8 Å². The van der Waals surface area contributed by atoms with Crippen LogP contribution in [0.4, 0.5) is 20.2 Å². The Bertz CT molecular complexity index is 1630. The molecule has 37 heavy (non-hydrogen) atoms. The second kappa shape index (κ2) is 7.57. The van der Waals surface area contributed by atoms with E-state index in [1.807, 2.05) is 30.5 Å². The Kier molecular flexibility index (Phi) is 4.47. The Labute approximate surface area is 209 Å². The van der Waals surface area contributed by atoms with Gasteiger partial charge in [0.1, 0.15) is 17.2 Å². The molecule has 2 saturated heterocycles. The van der Waals surface area contributed by atoms with Crippen molar-refractivity contribution in [3.63, 3.8) is 0 Å². The Morgan fingerprint density at radius 1 is 0.892 bits per heavy atom. The number of amides is 3. The smallest absolute Gasteiger partial charge is 0.250 e. The average Bonchev–Trinajstić information content (AvgIpc) is 3.59. The molecule has 0 aliphatic carbocycles. The zero-order valence-electron chi connectivity index (χ0n) is 19.3. The quantitative estimate of drug-likeness (QED) is 0.376. The number of anilines is 2. The van der Waals surface area contributed by atoms with Gasteiger partial charge in [0.15, 0.2) is 0 Å². The van der Waals surface area contributed by atoms with Crippen molar-refractivity contribution in [3.8, 4) is 0 Å². The summed E-state index contributed by atoms with van der Waals surface area (Å²) >= 11 is 0. The van der Waals surface area contributed by atoms with Crippen molar-refractivity contribution in [3.05, 3.63) is 95.7 Å². The molecule has 1 aromatic heterocycles. The fraction of sp³-hybridized carbons (Fsp3) is 0.179. The highest BCUT2D eigenvalue weighted by atomic mass is 19.1. The van der Waals surface area contributed by atoms with Gasteiger partial charge in [-0.25, -0.2) is 13.7 Å². The molecule has 4 atom stereocenters. The molecule has 0 radical (unpaired) electrons. The second-order valence-corrected chi connectivity index (χ2v) is 9.76. The Morgan fingerprint density at radius 3 is 2.46 bits per heavy atom. The molecule has 1 spiro atoms. The van der Waals surface area contributed by atoms with Gasteiger partial charge in [-0.05, 0) is 60.5 Å². The predicted octanol–water partition coefficient (Wildman–Crippen LogP) is 3.61. The highest BCUT2D eigenvalue weighted by Crippen LogP contribution is 2.54. The van der Waals surface area contributed by atoms with E-state index in [1.54, 1.807) is 0 Å². The van der Waals surface area contributed by atoms with Gasteiger partial charge in [-0.2, -0.15) is 0 Å². The van der Waals surface area contributed by atoms with Crippen molar-refractivity contribution in [2.75, 3.05) is 10.2 Å². The molecule has 4 aromatic rings. The molecule has 3 amide bonds. The van der Waals surface area contributed by atoms with Gasteiger partial charge in [-0.3, -0.25) is 19.7 Å². The molecule has 3 aliphatic heterocycles. The van der Waals surface area contributed by atoms with Crippen molar-refractivity contribution < 1.29 is 23.2 Å². The van der Waals surface area contributed by atoms with Crippen LogP contribution in [-0.4, -0.2) is 28.7 Å². The molecule has 2 fully saturated rings. The number of nitrogens with one attached hydrogen (secondary N) is 3. The largest absolute Gasteiger partial charge is 0.361 e. The lowest BCUT2D eigenvalue weighted by atomic mass is 9.76. The number of halogens is 2. The summed E-state index contributed by atoms with van der Waals surface area (Å²) in [5.41, 5.74) is 1.14. The number of benzene rings is 3. The number of H-pyrrole nitrogens is 1. The van der Waals surface area contributed by atoms with Gasteiger partial charge in [0, 0.05) is 34.4 Å². The van der Waals surface area contributed by atoms with Crippen molar-refractivity contribution >= 4 is 40.0 Å². The number of aromatic nitrogens is 1. The van der Waals surface area contributed by atoms with Crippen molar-refractivity contribution in [1.29, 1.82) is 0 Å². The maximum atomic E-state index is 14.4. The molecule has 0 unspecified atom stereocenters. The standard InChI is InChI=1S/C28H20F2N4O3/c29-15-5-8-17(9-6-15)34-25(35)23-22(11-14-13-31-20-4-2-1-3-18(14)20)33-28(24(23)26(34)36)19-12-16(30)7-10-21(19)32-27(28)37/h1-10,12-13,22-24,31,33H,11H2,(H,32,37)/t22-,23+,24+,28+/m1/s1. The van der Waals surface area contributed by atoms with Gasteiger partial charge in [0.05, 0.1) is 17.5 Å². The maximum absolute atomic E-state index is 14.4. The number of imide groups is 1. The van der Waals surface area contributed by atoms with Crippen molar-refractivity contribution in [2.45, 2.75) is 18.0 Å². The van der Waals surface area contributed by atoms with Crippen LogP contribution in [0.2, 0.25) is 0 Å². The first kappa shape index (κ1) is 21.9. The zero-order valence-corrected chi connectivity index (χ0v) is 19.3. The highest BCUT2D eigenvalue weighted by Gasteiger charge is 2.70. The van der Waals surface area contributed by atoms with Crippen LogP contribution in [0.1, 0.15) is 11.1 Å². The summed E-state index contributed by atoms with van der Waals surface area (Å²) in [6.07, 6.45) is 2.20. The van der Waals surface area contributed by atoms with Crippen molar-refractivity contribution in [2.24, 2.45) is 11.8 Å². The second-order valence-electron chi connectivity index (χ2n) is 9.76. The van der Waals surface area contributed by atoms with E-state index in [1.165, 1.54) is 42.5 Å². The van der Waals surface area contributed by atoms with Gasteiger partial charge in [0.25, 0.3) is 0 Å². The third-order valence-corrected chi connectivity index (χ3v) is 7.88. The number of hydrogen-bond donors (Lipinski definition) is 3. The normalized spacial score (nSPS) is 26.3. The van der Waals surface area contributed by atoms with E-state index in [0.717, 1.165) is 21.4 Å². The molecule has 3 aromatic carbocycles. The lowest BCUT2D eigenvalue weighted by molar-refractivity contribution is -0.130. The van der Waals surface area contributed by atoms with E-state index in [2.05, 4.69) is 15.6 Å². The van der Waals surface area contributed by atoms with E-state index in [0.29, 0.717) is 17.7 Å². The summed E-state index contributed by atoms with van der Waals surface area (Å²) in [5, 5.41) is 7.06. The van der Waals surface area contributed by atoms with Crippen LogP contribution in [0.25, 0.3) is 10.9 Å². The van der Waals surface area contributed by atoms with E-state index in [9.17, 15) is 23.2 Å². The van der Waals surface area contributed by atoms with Gasteiger partial charge in [-0.15, -0.1) is 0 Å². The zero-order chi connectivity index (χ0) is 25.5. The minimum atomic E-state index is -1.62. The number of para-hydroxylation sites is 1. The number of rotatable bonds is 3. The van der Waals surface area contributed by atoms with Crippen LogP contribution in [0.15, 0.2) is 72.9 Å².